The molecular formula is C19H24O5. The van der Waals surface area contributed by atoms with E-state index in [0.29, 0.717) is 29.1 Å². The van der Waals surface area contributed by atoms with Crippen molar-refractivity contribution in [3.63, 3.8) is 0 Å². The highest BCUT2D eigenvalue weighted by Gasteiger charge is 2.20. The van der Waals surface area contributed by atoms with Gasteiger partial charge in [0.15, 0.2) is 17.1 Å². The fraction of sp³-hybridized carbons (Fsp3) is 0.421. The van der Waals surface area contributed by atoms with E-state index in [2.05, 4.69) is 19.1 Å². The van der Waals surface area contributed by atoms with E-state index in [1.807, 2.05) is 26.0 Å². The van der Waals surface area contributed by atoms with Crippen molar-refractivity contribution in [3.05, 3.63) is 40.8 Å². The van der Waals surface area contributed by atoms with Gasteiger partial charge >= 0.3 is 5.63 Å². The van der Waals surface area contributed by atoms with E-state index in [9.17, 15) is 4.79 Å². The zero-order valence-corrected chi connectivity index (χ0v) is 14.6. The maximum Gasteiger partial charge on any atom is 0.383 e. The predicted molar refractivity (Wildman–Crippen MR) is 94.3 cm³/mol. The van der Waals surface area contributed by atoms with Crippen molar-refractivity contribution in [1.29, 1.82) is 0 Å². The summed E-state index contributed by atoms with van der Waals surface area (Å²) in [4.78, 5) is 12.3. The first-order valence-corrected chi connectivity index (χ1v) is 8.16. The summed E-state index contributed by atoms with van der Waals surface area (Å²) in [5.74, 6) is 0.971. The van der Waals surface area contributed by atoms with E-state index >= 15 is 0 Å². The topological polar surface area (TPSA) is 57.9 Å². The van der Waals surface area contributed by atoms with Crippen LogP contribution < -0.4 is 19.8 Å². The smallest absolute Gasteiger partial charge is 0.383 e. The second kappa shape index (κ2) is 8.43. The lowest BCUT2D eigenvalue weighted by Gasteiger charge is -2.14. The molecule has 1 aromatic carbocycles. The SMILES string of the molecule is CCC=CCCOc1cccc2c(OC)c(OC(C)C)c(=O)oc12. The summed E-state index contributed by atoms with van der Waals surface area (Å²) in [7, 11) is 1.50. The Labute approximate surface area is 141 Å². The molecule has 0 N–H and O–H groups in total. The molecule has 2 rings (SSSR count). The minimum absolute atomic E-state index is 0.0861. The molecule has 0 unspecified atom stereocenters. The van der Waals surface area contributed by atoms with Gasteiger partial charge in [0.1, 0.15) is 0 Å². The van der Waals surface area contributed by atoms with Crippen molar-refractivity contribution in [2.75, 3.05) is 13.7 Å². The molecule has 24 heavy (non-hydrogen) atoms. The highest BCUT2D eigenvalue weighted by atomic mass is 16.5. The molecular weight excluding hydrogens is 308 g/mol. The van der Waals surface area contributed by atoms with Gasteiger partial charge in [-0.2, -0.15) is 0 Å². The van der Waals surface area contributed by atoms with Gasteiger partial charge in [-0.15, -0.1) is 0 Å². The van der Waals surface area contributed by atoms with Crippen LogP contribution in [0.3, 0.4) is 0 Å². The van der Waals surface area contributed by atoms with Crippen molar-refractivity contribution in [3.8, 4) is 17.2 Å². The normalized spacial score (nSPS) is 11.4. The average Bonchev–Trinajstić information content (AvgIpc) is 2.55. The molecule has 0 atom stereocenters. The maximum absolute atomic E-state index is 12.3. The number of para-hydroxylation sites is 1. The molecule has 0 spiro atoms. The average molecular weight is 332 g/mol. The van der Waals surface area contributed by atoms with Crippen LogP contribution in [0.15, 0.2) is 39.6 Å². The van der Waals surface area contributed by atoms with E-state index in [1.54, 1.807) is 6.07 Å². The fourth-order valence-corrected chi connectivity index (χ4v) is 2.33. The van der Waals surface area contributed by atoms with E-state index in [-0.39, 0.29) is 11.9 Å². The summed E-state index contributed by atoms with van der Waals surface area (Å²) in [6.07, 6.45) is 5.78. The highest BCUT2D eigenvalue weighted by molar-refractivity contribution is 5.89. The van der Waals surface area contributed by atoms with Gasteiger partial charge in [-0.05, 0) is 38.8 Å². The van der Waals surface area contributed by atoms with Crippen LogP contribution in [0.25, 0.3) is 11.0 Å². The van der Waals surface area contributed by atoms with Crippen LogP contribution in [0.5, 0.6) is 17.2 Å². The van der Waals surface area contributed by atoms with Gasteiger partial charge in [0, 0.05) is 0 Å². The van der Waals surface area contributed by atoms with Gasteiger partial charge in [-0.25, -0.2) is 4.79 Å². The van der Waals surface area contributed by atoms with Gasteiger partial charge in [-0.3, -0.25) is 0 Å². The number of hydrogen-bond acceptors (Lipinski definition) is 5. The second-order valence-electron chi connectivity index (χ2n) is 5.57. The van der Waals surface area contributed by atoms with Crippen molar-refractivity contribution in [1.82, 2.24) is 0 Å². The van der Waals surface area contributed by atoms with Crippen LogP contribution in [-0.4, -0.2) is 19.8 Å². The molecule has 5 nitrogen and oxygen atoms in total. The van der Waals surface area contributed by atoms with Crippen molar-refractivity contribution >= 4 is 11.0 Å². The standard InChI is InChI=1S/C19H24O5/c1-5-6-7-8-12-22-15-11-9-10-14-16(15)24-19(20)18(17(14)21-4)23-13(2)3/h6-7,9-11,13H,5,8,12H2,1-4H3. The molecule has 0 radical (unpaired) electrons. The Hall–Kier alpha value is -2.43. The number of allylic oxidation sites excluding steroid dienone is 1. The van der Waals surface area contributed by atoms with Crippen LogP contribution in [0.1, 0.15) is 33.6 Å². The summed E-state index contributed by atoms with van der Waals surface area (Å²) in [6.45, 7) is 6.27. The maximum atomic E-state index is 12.3. The summed E-state index contributed by atoms with van der Waals surface area (Å²) >= 11 is 0. The van der Waals surface area contributed by atoms with Crippen molar-refractivity contribution < 1.29 is 18.6 Å². The van der Waals surface area contributed by atoms with Gasteiger partial charge in [0.25, 0.3) is 0 Å². The summed E-state index contributed by atoms with van der Waals surface area (Å²) in [5, 5.41) is 0.648. The lowest BCUT2D eigenvalue weighted by molar-refractivity contribution is 0.219. The third-order valence-electron chi connectivity index (χ3n) is 3.31. The molecule has 0 aliphatic heterocycles. The molecule has 2 aromatic rings. The highest BCUT2D eigenvalue weighted by Crippen LogP contribution is 2.36. The molecule has 1 aromatic heterocycles. The molecule has 0 aliphatic carbocycles. The molecule has 0 fully saturated rings. The van der Waals surface area contributed by atoms with Crippen LogP contribution >= 0.6 is 0 Å². The number of hydrogen-bond donors (Lipinski definition) is 0. The molecule has 0 saturated carbocycles. The lowest BCUT2D eigenvalue weighted by Crippen LogP contribution is -2.15. The van der Waals surface area contributed by atoms with Crippen LogP contribution in [0, 0.1) is 0 Å². The van der Waals surface area contributed by atoms with E-state index in [4.69, 9.17) is 18.6 Å². The van der Waals surface area contributed by atoms with Gasteiger partial charge < -0.3 is 18.6 Å². The molecule has 1 heterocycles. The zero-order chi connectivity index (χ0) is 17.5. The van der Waals surface area contributed by atoms with E-state index in [1.165, 1.54) is 7.11 Å². The van der Waals surface area contributed by atoms with E-state index in [0.717, 1.165) is 12.8 Å². The number of rotatable bonds is 8. The Kier molecular flexibility index (Phi) is 6.29. The molecule has 0 aliphatic rings. The monoisotopic (exact) mass is 332 g/mol. The quantitative estimate of drug-likeness (QED) is 0.409. The van der Waals surface area contributed by atoms with Crippen LogP contribution in [0.4, 0.5) is 0 Å². The van der Waals surface area contributed by atoms with Gasteiger partial charge in [-0.1, -0.05) is 25.1 Å². The van der Waals surface area contributed by atoms with Crippen LogP contribution in [0.2, 0.25) is 0 Å². The third kappa shape index (κ3) is 4.10. The Morgan fingerprint density at radius 1 is 1.21 bits per heavy atom. The lowest BCUT2D eigenvalue weighted by atomic mass is 10.2. The number of benzene rings is 1. The zero-order valence-electron chi connectivity index (χ0n) is 14.6. The number of fused-ring (bicyclic) bond motifs is 1. The first-order chi connectivity index (χ1) is 11.6. The molecule has 130 valence electrons. The molecule has 0 saturated heterocycles. The van der Waals surface area contributed by atoms with Gasteiger partial charge in [0.2, 0.25) is 5.75 Å². The third-order valence-corrected chi connectivity index (χ3v) is 3.31. The summed E-state index contributed by atoms with van der Waals surface area (Å²) in [5.41, 5.74) is -0.204. The van der Waals surface area contributed by atoms with Crippen molar-refractivity contribution in [2.45, 2.75) is 39.7 Å². The second-order valence-corrected chi connectivity index (χ2v) is 5.57. The Bertz CT molecular complexity index is 758. The summed E-state index contributed by atoms with van der Waals surface area (Å²) in [6, 6.07) is 5.42. The Morgan fingerprint density at radius 2 is 2.00 bits per heavy atom. The van der Waals surface area contributed by atoms with Gasteiger partial charge in [0.05, 0.1) is 25.2 Å². The number of methoxy groups -OCH3 is 1. The molecule has 0 bridgehead atoms. The van der Waals surface area contributed by atoms with E-state index < -0.39 is 5.63 Å². The van der Waals surface area contributed by atoms with Crippen LogP contribution in [-0.2, 0) is 0 Å². The largest absolute Gasteiger partial charge is 0.492 e. The summed E-state index contributed by atoms with van der Waals surface area (Å²) < 4.78 is 22.2. The fourth-order valence-electron chi connectivity index (χ4n) is 2.33. The minimum Gasteiger partial charge on any atom is -0.492 e. The first kappa shape index (κ1) is 17.9. The molecule has 0 amide bonds. The van der Waals surface area contributed by atoms with Crippen molar-refractivity contribution in [2.24, 2.45) is 0 Å². The number of ether oxygens (including phenoxy) is 3. The Balaban J connectivity index is 2.40. The Morgan fingerprint density at radius 3 is 2.67 bits per heavy atom. The molecule has 5 heteroatoms. The minimum atomic E-state index is -0.574. The predicted octanol–water partition coefficient (Wildman–Crippen LogP) is 4.32. The first-order valence-electron chi connectivity index (χ1n) is 8.16.